The van der Waals surface area contributed by atoms with E-state index in [1.54, 1.807) is 19.1 Å². The van der Waals surface area contributed by atoms with Gasteiger partial charge in [0, 0.05) is 19.6 Å². The maximum atomic E-state index is 13.4. The average Bonchev–Trinajstić information content (AvgIpc) is 2.83. The number of nitrogens with zero attached hydrogens (tertiary/aromatic N) is 2. The number of carbonyl (C=O) groups excluding carboxylic acids is 2. The van der Waals surface area contributed by atoms with E-state index in [9.17, 15) is 22.4 Å². The van der Waals surface area contributed by atoms with Crippen molar-refractivity contribution in [3.05, 3.63) is 59.9 Å². The highest BCUT2D eigenvalue weighted by atomic mass is 32.2. The second-order valence-corrected chi connectivity index (χ2v) is 10.4. The minimum atomic E-state index is -4.03. The van der Waals surface area contributed by atoms with Crippen molar-refractivity contribution in [1.29, 1.82) is 0 Å². The number of ether oxygens (including phenoxy) is 1. The molecule has 0 bridgehead atoms. The van der Waals surface area contributed by atoms with Crippen LogP contribution in [0.5, 0.6) is 5.75 Å². The van der Waals surface area contributed by atoms with Gasteiger partial charge in [-0.1, -0.05) is 25.5 Å². The van der Waals surface area contributed by atoms with Gasteiger partial charge in [-0.15, -0.1) is 0 Å². The first-order valence-corrected chi connectivity index (χ1v) is 12.5. The molecule has 3 rings (SSSR count). The fourth-order valence-corrected chi connectivity index (χ4v) is 5.40. The molecule has 0 saturated carbocycles. The van der Waals surface area contributed by atoms with Gasteiger partial charge in [0.05, 0.1) is 18.6 Å². The highest BCUT2D eigenvalue weighted by Gasteiger charge is 2.50. The van der Waals surface area contributed by atoms with Gasteiger partial charge in [-0.25, -0.2) is 12.8 Å². The first-order valence-electron chi connectivity index (χ1n) is 11.1. The lowest BCUT2D eigenvalue weighted by molar-refractivity contribution is -0.152. The fourth-order valence-electron chi connectivity index (χ4n) is 3.92. The van der Waals surface area contributed by atoms with Gasteiger partial charge >= 0.3 is 0 Å². The lowest BCUT2D eigenvalue weighted by Gasteiger charge is -2.46. The van der Waals surface area contributed by atoms with Crippen molar-refractivity contribution >= 4 is 21.8 Å². The number of carbonyl (C=O) groups is 2. The Labute approximate surface area is 199 Å². The Morgan fingerprint density at radius 1 is 1.15 bits per heavy atom. The van der Waals surface area contributed by atoms with E-state index in [4.69, 9.17) is 4.74 Å². The minimum Gasteiger partial charge on any atom is -0.497 e. The highest BCUT2D eigenvalue weighted by Crippen LogP contribution is 2.29. The molecule has 1 saturated heterocycles. The van der Waals surface area contributed by atoms with Crippen LogP contribution in [0.15, 0.2) is 53.4 Å². The smallest absolute Gasteiger partial charge is 0.247 e. The summed E-state index contributed by atoms with van der Waals surface area (Å²) in [6, 6.07) is 11.6. The normalized spacial score (nSPS) is 19.2. The average molecular weight is 492 g/mol. The molecule has 1 fully saturated rings. The molecule has 2 aromatic carbocycles. The summed E-state index contributed by atoms with van der Waals surface area (Å²) in [5.74, 6) is -0.790. The summed E-state index contributed by atoms with van der Waals surface area (Å²) in [4.78, 5) is 27.9. The van der Waals surface area contributed by atoms with Crippen LogP contribution in [0.3, 0.4) is 0 Å². The number of nitrogens with one attached hydrogen (secondary N) is 1. The number of hydrogen-bond donors (Lipinski definition) is 1. The summed E-state index contributed by atoms with van der Waals surface area (Å²) in [5.41, 5.74) is -0.729. The summed E-state index contributed by atoms with van der Waals surface area (Å²) in [6.07, 6.45) is 1.49. The Morgan fingerprint density at radius 2 is 1.79 bits per heavy atom. The number of unbranched alkanes of at least 4 members (excludes halogenated alkanes) is 1. The van der Waals surface area contributed by atoms with Crippen LogP contribution in [0.25, 0.3) is 0 Å². The number of hydrogen-bond acceptors (Lipinski definition) is 5. The van der Waals surface area contributed by atoms with Crippen LogP contribution in [-0.4, -0.2) is 61.7 Å². The van der Waals surface area contributed by atoms with Crippen LogP contribution in [0.1, 0.15) is 32.3 Å². The van der Waals surface area contributed by atoms with Gasteiger partial charge in [0.2, 0.25) is 21.8 Å². The van der Waals surface area contributed by atoms with Crippen molar-refractivity contribution in [2.45, 2.75) is 43.7 Å². The molecule has 34 heavy (non-hydrogen) atoms. The molecule has 1 aliphatic heterocycles. The summed E-state index contributed by atoms with van der Waals surface area (Å²) in [6.45, 7) is 3.48. The maximum absolute atomic E-state index is 13.4. The molecule has 1 aliphatic rings. The van der Waals surface area contributed by atoms with E-state index in [0.717, 1.165) is 10.7 Å². The van der Waals surface area contributed by atoms with E-state index in [2.05, 4.69) is 5.32 Å². The molecule has 0 radical (unpaired) electrons. The molecule has 184 valence electrons. The topological polar surface area (TPSA) is 96.0 Å². The molecule has 8 nitrogen and oxygen atoms in total. The summed E-state index contributed by atoms with van der Waals surface area (Å²) < 4.78 is 46.0. The van der Waals surface area contributed by atoms with Crippen molar-refractivity contribution in [3.63, 3.8) is 0 Å². The maximum Gasteiger partial charge on any atom is 0.247 e. The number of methoxy groups -OCH3 is 1. The summed E-state index contributed by atoms with van der Waals surface area (Å²) >= 11 is 0. The van der Waals surface area contributed by atoms with Crippen molar-refractivity contribution in [3.8, 4) is 5.75 Å². The van der Waals surface area contributed by atoms with E-state index in [0.29, 0.717) is 24.3 Å². The Bertz CT molecular complexity index is 1120. The molecule has 0 unspecified atom stereocenters. The molecule has 0 aromatic heterocycles. The fraction of sp³-hybridized carbons (Fsp3) is 0.417. The van der Waals surface area contributed by atoms with Crippen molar-refractivity contribution in [1.82, 2.24) is 14.5 Å². The van der Waals surface area contributed by atoms with Gasteiger partial charge in [-0.2, -0.15) is 4.31 Å². The van der Waals surface area contributed by atoms with Crippen molar-refractivity contribution < 1.29 is 27.1 Å². The third-order valence-corrected chi connectivity index (χ3v) is 7.79. The zero-order valence-corrected chi connectivity index (χ0v) is 20.4. The van der Waals surface area contributed by atoms with Gasteiger partial charge in [-0.3, -0.25) is 9.59 Å². The van der Waals surface area contributed by atoms with Gasteiger partial charge in [0.25, 0.3) is 0 Å². The largest absolute Gasteiger partial charge is 0.497 e. The molecule has 1 N–H and O–H groups in total. The molecule has 0 spiro atoms. The second kappa shape index (κ2) is 10.5. The predicted molar refractivity (Wildman–Crippen MR) is 125 cm³/mol. The first kappa shape index (κ1) is 25.6. The lowest BCUT2D eigenvalue weighted by Crippen LogP contribution is -2.69. The number of sulfonamides is 1. The molecule has 2 amide bonds. The number of benzene rings is 2. The van der Waals surface area contributed by atoms with Gasteiger partial charge < -0.3 is 15.0 Å². The predicted octanol–water partition coefficient (Wildman–Crippen LogP) is 2.54. The zero-order valence-electron chi connectivity index (χ0n) is 19.6. The third kappa shape index (κ3) is 5.39. The Morgan fingerprint density at radius 3 is 2.38 bits per heavy atom. The van der Waals surface area contributed by atoms with Gasteiger partial charge in [0.15, 0.2) is 0 Å². The highest BCUT2D eigenvalue weighted by molar-refractivity contribution is 7.89. The van der Waals surface area contributed by atoms with Crippen LogP contribution < -0.4 is 10.1 Å². The molecular formula is C24H30FN3O5S. The quantitative estimate of drug-likeness (QED) is 0.582. The monoisotopic (exact) mass is 491 g/mol. The van der Waals surface area contributed by atoms with Gasteiger partial charge in [-0.05, 0) is 55.3 Å². The standard InChI is InChI=1S/C24H30FN3O5S/c1-4-5-14-28-22(29)16-27(34(31,32)21-12-10-20(33-3)11-13-21)17-24(28,2)23(30)26-15-18-6-8-19(25)9-7-18/h6-13H,4-5,14-17H2,1-3H3,(H,26,30)/t24-/m0/s1. The number of halogens is 1. The zero-order chi connectivity index (χ0) is 24.9. The van der Waals surface area contributed by atoms with Crippen LogP contribution in [0.4, 0.5) is 4.39 Å². The Hall–Kier alpha value is -2.98. The van der Waals surface area contributed by atoms with Crippen LogP contribution in [-0.2, 0) is 26.2 Å². The molecule has 0 aliphatic carbocycles. The van der Waals surface area contributed by atoms with E-state index in [1.165, 1.54) is 48.4 Å². The van der Waals surface area contributed by atoms with Gasteiger partial charge in [0.1, 0.15) is 17.1 Å². The van der Waals surface area contributed by atoms with Crippen molar-refractivity contribution in [2.24, 2.45) is 0 Å². The Kier molecular flexibility index (Phi) is 7.93. The first-order chi connectivity index (χ1) is 16.1. The minimum absolute atomic E-state index is 0.0113. The lowest BCUT2D eigenvalue weighted by atomic mass is 9.95. The van der Waals surface area contributed by atoms with E-state index >= 15 is 0 Å². The van der Waals surface area contributed by atoms with Crippen LogP contribution in [0.2, 0.25) is 0 Å². The van der Waals surface area contributed by atoms with E-state index < -0.39 is 27.4 Å². The Balaban J connectivity index is 1.87. The van der Waals surface area contributed by atoms with Crippen LogP contribution in [0, 0.1) is 5.82 Å². The van der Waals surface area contributed by atoms with Crippen LogP contribution >= 0.6 is 0 Å². The SMILES string of the molecule is CCCCN1C(=O)CN(S(=O)(=O)c2ccc(OC)cc2)C[C@@]1(C)C(=O)NCc1ccc(F)cc1. The number of rotatable bonds is 9. The number of piperazine rings is 1. The summed E-state index contributed by atoms with van der Waals surface area (Å²) in [5, 5.41) is 2.79. The number of amides is 2. The summed E-state index contributed by atoms with van der Waals surface area (Å²) in [7, 11) is -2.55. The molecular weight excluding hydrogens is 461 g/mol. The molecule has 1 heterocycles. The van der Waals surface area contributed by atoms with Crippen molar-refractivity contribution in [2.75, 3.05) is 26.7 Å². The second-order valence-electron chi connectivity index (χ2n) is 8.43. The van der Waals surface area contributed by atoms with E-state index in [1.807, 2.05) is 6.92 Å². The molecule has 10 heteroatoms. The van der Waals surface area contributed by atoms with E-state index in [-0.39, 0.29) is 30.3 Å². The molecule has 1 atom stereocenters. The third-order valence-electron chi connectivity index (χ3n) is 5.98. The molecule has 2 aromatic rings.